The van der Waals surface area contributed by atoms with Gasteiger partial charge >= 0.3 is 0 Å². The van der Waals surface area contributed by atoms with Crippen LogP contribution in [-0.2, 0) is 6.54 Å². The van der Waals surface area contributed by atoms with Gasteiger partial charge in [-0.25, -0.2) is 4.98 Å². The van der Waals surface area contributed by atoms with Crippen molar-refractivity contribution < 1.29 is 4.52 Å². The lowest BCUT2D eigenvalue weighted by molar-refractivity contribution is 0.405. The molecule has 0 aliphatic heterocycles. The fourth-order valence-electron chi connectivity index (χ4n) is 1.56. The Kier molecular flexibility index (Phi) is 3.31. The fourth-order valence-corrected chi connectivity index (χ4v) is 2.51. The summed E-state index contributed by atoms with van der Waals surface area (Å²) in [5, 5.41) is 8.19. The molecule has 2 aromatic rings. The highest BCUT2D eigenvalue weighted by molar-refractivity contribution is 7.11. The minimum Gasteiger partial charge on any atom is -0.343 e. The van der Waals surface area contributed by atoms with Gasteiger partial charge in [-0.15, -0.1) is 11.3 Å². The molecule has 0 aliphatic carbocycles. The largest absolute Gasteiger partial charge is 0.343 e. The maximum absolute atomic E-state index is 4.67. The van der Waals surface area contributed by atoms with Crippen molar-refractivity contribution in [2.45, 2.75) is 33.4 Å². The molecule has 0 fully saturated rings. The van der Waals surface area contributed by atoms with Gasteiger partial charge in [-0.3, -0.25) is 0 Å². The molecule has 86 valence electrons. The van der Waals surface area contributed by atoms with Crippen molar-refractivity contribution in [3.05, 3.63) is 27.8 Å². The minimum atomic E-state index is 0.254. The number of thiazole rings is 1. The Morgan fingerprint density at radius 1 is 1.50 bits per heavy atom. The van der Waals surface area contributed by atoms with E-state index in [0.717, 1.165) is 10.7 Å². The molecule has 16 heavy (non-hydrogen) atoms. The summed E-state index contributed by atoms with van der Waals surface area (Å²) in [7, 11) is 0. The summed E-state index contributed by atoms with van der Waals surface area (Å²) in [5.41, 5.74) is 1.09. The highest BCUT2D eigenvalue weighted by atomic mass is 32.1. The third-order valence-corrected chi connectivity index (χ3v) is 3.56. The van der Waals surface area contributed by atoms with E-state index in [9.17, 15) is 0 Å². The molecule has 0 aromatic carbocycles. The minimum absolute atomic E-state index is 0.254. The van der Waals surface area contributed by atoms with Crippen molar-refractivity contribution in [3.8, 4) is 0 Å². The smallest absolute Gasteiger partial charge is 0.213 e. The first-order valence-electron chi connectivity index (χ1n) is 5.09. The van der Waals surface area contributed by atoms with E-state index in [1.54, 1.807) is 11.3 Å². The molecular formula is C10H14N4OS. The predicted octanol–water partition coefficient (Wildman–Crippen LogP) is 1.99. The van der Waals surface area contributed by atoms with Crippen LogP contribution in [-0.4, -0.2) is 15.1 Å². The number of nitrogens with one attached hydrogen (secondary N) is 1. The number of hydrogen-bond donors (Lipinski definition) is 1. The zero-order valence-corrected chi connectivity index (χ0v) is 10.3. The van der Waals surface area contributed by atoms with Crippen molar-refractivity contribution in [1.82, 2.24) is 20.4 Å². The topological polar surface area (TPSA) is 63.8 Å². The van der Waals surface area contributed by atoms with Crippen molar-refractivity contribution in [3.63, 3.8) is 0 Å². The maximum atomic E-state index is 4.67. The molecule has 2 heterocycles. The summed E-state index contributed by atoms with van der Waals surface area (Å²) >= 11 is 1.72. The molecule has 0 radical (unpaired) electrons. The number of aryl methyl sites for hydroxylation is 2. The summed E-state index contributed by atoms with van der Waals surface area (Å²) in [6.45, 7) is 6.77. The normalized spacial score (nSPS) is 12.9. The second-order valence-electron chi connectivity index (χ2n) is 3.63. The lowest BCUT2D eigenvalue weighted by Gasteiger charge is -2.10. The summed E-state index contributed by atoms with van der Waals surface area (Å²) < 4.78 is 4.67. The Labute approximate surface area is 97.9 Å². The lowest BCUT2D eigenvalue weighted by Crippen LogP contribution is -2.18. The van der Waals surface area contributed by atoms with Gasteiger partial charge in [0.15, 0.2) is 5.82 Å². The van der Waals surface area contributed by atoms with Crippen LogP contribution >= 0.6 is 11.3 Å². The lowest BCUT2D eigenvalue weighted by atomic mass is 10.2. The van der Waals surface area contributed by atoms with Crippen LogP contribution in [0.5, 0.6) is 0 Å². The third-order valence-electron chi connectivity index (χ3n) is 2.31. The maximum Gasteiger partial charge on any atom is 0.213 e. The van der Waals surface area contributed by atoms with Gasteiger partial charge in [0.25, 0.3) is 0 Å². The van der Waals surface area contributed by atoms with E-state index in [1.165, 1.54) is 11.3 Å². The van der Waals surface area contributed by atoms with E-state index in [0.29, 0.717) is 12.4 Å². The fraction of sp³-hybridized carbons (Fsp3) is 0.500. The van der Waals surface area contributed by atoms with Gasteiger partial charge in [-0.2, -0.15) is 4.98 Å². The van der Waals surface area contributed by atoms with Gasteiger partial charge in [0.05, 0.1) is 17.2 Å². The van der Waals surface area contributed by atoms with Crippen molar-refractivity contribution in [2.75, 3.05) is 0 Å². The van der Waals surface area contributed by atoms with Gasteiger partial charge < -0.3 is 9.84 Å². The first kappa shape index (κ1) is 11.2. The third kappa shape index (κ3) is 2.45. The van der Waals surface area contributed by atoms with Gasteiger partial charge in [-0.1, -0.05) is 5.16 Å². The van der Waals surface area contributed by atoms with E-state index in [4.69, 9.17) is 0 Å². The number of rotatable bonds is 4. The van der Waals surface area contributed by atoms with E-state index in [1.807, 2.05) is 13.8 Å². The number of nitrogens with zero attached hydrogens (tertiary/aromatic N) is 3. The highest BCUT2D eigenvalue weighted by Gasteiger charge is 2.12. The quantitative estimate of drug-likeness (QED) is 0.882. The standard InChI is InChI=1S/C10H14N4OS/c1-6(10-7(2)13-8(3)16-10)11-4-9-12-5-15-14-9/h5-6,11H,4H2,1-3H3. The molecule has 0 aliphatic rings. The molecule has 1 unspecified atom stereocenters. The predicted molar refractivity (Wildman–Crippen MR) is 61.1 cm³/mol. The average Bonchev–Trinajstić information content (AvgIpc) is 2.84. The van der Waals surface area contributed by atoms with Crippen LogP contribution in [0.3, 0.4) is 0 Å². The van der Waals surface area contributed by atoms with E-state index < -0.39 is 0 Å². The Balaban J connectivity index is 1.98. The first-order chi connectivity index (χ1) is 7.66. The van der Waals surface area contributed by atoms with Crippen molar-refractivity contribution >= 4 is 11.3 Å². The zero-order valence-electron chi connectivity index (χ0n) is 9.52. The summed E-state index contributed by atoms with van der Waals surface area (Å²) in [4.78, 5) is 9.63. The molecule has 0 amide bonds. The van der Waals surface area contributed by atoms with Gasteiger partial charge in [-0.05, 0) is 20.8 Å². The highest BCUT2D eigenvalue weighted by Crippen LogP contribution is 2.24. The zero-order chi connectivity index (χ0) is 11.5. The second-order valence-corrected chi connectivity index (χ2v) is 4.87. The van der Waals surface area contributed by atoms with Gasteiger partial charge in [0.2, 0.25) is 6.39 Å². The first-order valence-corrected chi connectivity index (χ1v) is 5.91. The molecule has 1 atom stereocenters. The van der Waals surface area contributed by atoms with Gasteiger partial charge in [0, 0.05) is 10.9 Å². The van der Waals surface area contributed by atoms with E-state index in [2.05, 4.69) is 31.9 Å². The SMILES string of the molecule is Cc1nc(C)c(C(C)NCc2ncon2)s1. The van der Waals surface area contributed by atoms with E-state index >= 15 is 0 Å². The molecule has 2 rings (SSSR count). The molecule has 1 N–H and O–H groups in total. The molecule has 0 saturated carbocycles. The molecule has 2 aromatic heterocycles. The van der Waals surface area contributed by atoms with E-state index in [-0.39, 0.29) is 6.04 Å². The second kappa shape index (κ2) is 4.71. The van der Waals surface area contributed by atoms with Crippen LogP contribution in [0.25, 0.3) is 0 Å². The van der Waals surface area contributed by atoms with Gasteiger partial charge in [0.1, 0.15) is 0 Å². The number of aromatic nitrogens is 3. The summed E-state index contributed by atoms with van der Waals surface area (Å²) in [5.74, 6) is 0.672. The molecule has 6 heteroatoms. The van der Waals surface area contributed by atoms with Crippen LogP contribution in [0, 0.1) is 13.8 Å². The molecule has 0 bridgehead atoms. The molecule has 0 saturated heterocycles. The Hall–Kier alpha value is -1.27. The van der Waals surface area contributed by atoms with Crippen LogP contribution in [0.1, 0.15) is 34.4 Å². The molecular weight excluding hydrogens is 224 g/mol. The Morgan fingerprint density at radius 3 is 2.88 bits per heavy atom. The van der Waals surface area contributed by atoms with Crippen LogP contribution < -0.4 is 5.32 Å². The summed E-state index contributed by atoms with van der Waals surface area (Å²) in [6, 6.07) is 0.254. The van der Waals surface area contributed by atoms with Crippen LogP contribution in [0.15, 0.2) is 10.9 Å². The summed E-state index contributed by atoms with van der Waals surface area (Å²) in [6.07, 6.45) is 1.34. The number of hydrogen-bond acceptors (Lipinski definition) is 6. The van der Waals surface area contributed by atoms with Crippen LogP contribution in [0.4, 0.5) is 0 Å². The molecule has 5 nitrogen and oxygen atoms in total. The van der Waals surface area contributed by atoms with Crippen molar-refractivity contribution in [1.29, 1.82) is 0 Å². The Morgan fingerprint density at radius 2 is 2.31 bits per heavy atom. The van der Waals surface area contributed by atoms with Crippen LogP contribution in [0.2, 0.25) is 0 Å². The van der Waals surface area contributed by atoms with Crippen molar-refractivity contribution in [2.24, 2.45) is 0 Å². The average molecular weight is 238 g/mol. The Bertz CT molecular complexity index is 451. The monoisotopic (exact) mass is 238 g/mol. The molecule has 0 spiro atoms.